The van der Waals surface area contributed by atoms with E-state index in [-0.39, 0.29) is 42.9 Å². The van der Waals surface area contributed by atoms with Crippen LogP contribution in [0, 0.1) is 11.3 Å². The van der Waals surface area contributed by atoms with Crippen LogP contribution in [0.1, 0.15) is 62.5 Å². The Morgan fingerprint density at radius 2 is 1.71 bits per heavy atom. The van der Waals surface area contributed by atoms with Crippen molar-refractivity contribution in [2.75, 3.05) is 6.61 Å². The standard InChI is InChI=1S/C28H32N2O5/c1-2-7-18(13-25(31)29-19-12-17-14-28(17,15-19)26(32)33)30-27(34)35-16-24-22-10-5-3-8-20(22)21-9-4-6-11-23(21)24/h3-6,8-11,17-19,24H,2,7,12-16H2,1H3,(H,29,31)(H,30,34)(H,32,33)/t17?,18-,19?,28?/m1/s1. The van der Waals surface area contributed by atoms with E-state index in [2.05, 4.69) is 34.9 Å². The Bertz CT molecular complexity index is 1100. The molecule has 0 aromatic heterocycles. The van der Waals surface area contributed by atoms with Gasteiger partial charge in [0, 0.05) is 24.4 Å². The molecule has 5 rings (SSSR count). The number of alkyl carbamates (subject to hydrolysis) is 1. The minimum absolute atomic E-state index is 0.0172. The quantitative estimate of drug-likeness (QED) is 0.496. The fourth-order valence-corrected chi connectivity index (χ4v) is 6.16. The molecular weight excluding hydrogens is 444 g/mol. The van der Waals surface area contributed by atoms with Crippen molar-refractivity contribution in [2.45, 2.75) is 63.5 Å². The Morgan fingerprint density at radius 1 is 1.06 bits per heavy atom. The summed E-state index contributed by atoms with van der Waals surface area (Å²) in [6.45, 7) is 2.23. The largest absolute Gasteiger partial charge is 0.481 e. The van der Waals surface area contributed by atoms with E-state index in [1.165, 1.54) is 11.1 Å². The number of nitrogens with one attached hydrogen (secondary N) is 2. The molecule has 4 atom stereocenters. The van der Waals surface area contributed by atoms with Crippen LogP contribution < -0.4 is 10.6 Å². The van der Waals surface area contributed by atoms with Crippen molar-refractivity contribution in [1.82, 2.24) is 10.6 Å². The van der Waals surface area contributed by atoms with Gasteiger partial charge in [-0.05, 0) is 53.9 Å². The SMILES string of the molecule is CCC[C@H](CC(=O)NC1CC2CC2(C(=O)O)C1)NC(=O)OCC1c2ccccc2-c2ccccc21. The highest BCUT2D eigenvalue weighted by molar-refractivity contribution is 5.81. The molecule has 0 radical (unpaired) electrons. The molecule has 184 valence electrons. The zero-order valence-electron chi connectivity index (χ0n) is 20.0. The second kappa shape index (κ2) is 9.36. The Balaban J connectivity index is 1.14. The number of carboxylic acid groups (broad SMARTS) is 1. The predicted octanol–water partition coefficient (Wildman–Crippen LogP) is 4.45. The van der Waals surface area contributed by atoms with Crippen LogP contribution in [-0.4, -0.2) is 41.8 Å². The van der Waals surface area contributed by atoms with Crippen molar-refractivity contribution in [3.8, 4) is 11.1 Å². The van der Waals surface area contributed by atoms with Gasteiger partial charge in [-0.15, -0.1) is 0 Å². The molecule has 2 aromatic carbocycles. The number of carboxylic acids is 1. The van der Waals surface area contributed by atoms with Crippen LogP contribution in [0.2, 0.25) is 0 Å². The normalized spacial score (nSPS) is 24.6. The van der Waals surface area contributed by atoms with Gasteiger partial charge >= 0.3 is 12.1 Å². The summed E-state index contributed by atoms with van der Waals surface area (Å²) in [6.07, 6.45) is 3.03. The summed E-state index contributed by atoms with van der Waals surface area (Å²) in [5.74, 6) is -0.749. The lowest BCUT2D eigenvalue weighted by Crippen LogP contribution is -2.42. The zero-order chi connectivity index (χ0) is 24.6. The lowest BCUT2D eigenvalue weighted by Gasteiger charge is -2.21. The van der Waals surface area contributed by atoms with Crippen LogP contribution in [0.25, 0.3) is 11.1 Å². The first kappa shape index (κ1) is 23.4. The maximum absolute atomic E-state index is 12.7. The second-order valence-electron chi connectivity index (χ2n) is 10.2. The summed E-state index contributed by atoms with van der Waals surface area (Å²) < 4.78 is 5.64. The maximum atomic E-state index is 12.7. The minimum Gasteiger partial charge on any atom is -0.481 e. The number of hydrogen-bond acceptors (Lipinski definition) is 4. The van der Waals surface area contributed by atoms with Gasteiger partial charge in [0.05, 0.1) is 5.41 Å². The van der Waals surface area contributed by atoms with Crippen molar-refractivity contribution in [2.24, 2.45) is 11.3 Å². The maximum Gasteiger partial charge on any atom is 0.407 e. The first-order valence-electron chi connectivity index (χ1n) is 12.6. The van der Waals surface area contributed by atoms with Crippen LogP contribution >= 0.6 is 0 Å². The van der Waals surface area contributed by atoms with Gasteiger partial charge in [0.1, 0.15) is 6.61 Å². The number of benzene rings is 2. The van der Waals surface area contributed by atoms with E-state index in [1.807, 2.05) is 31.2 Å². The van der Waals surface area contributed by atoms with Gasteiger partial charge in [-0.3, -0.25) is 9.59 Å². The van der Waals surface area contributed by atoms with Crippen molar-refractivity contribution >= 4 is 18.0 Å². The van der Waals surface area contributed by atoms with Gasteiger partial charge in [0.2, 0.25) is 5.91 Å². The third kappa shape index (κ3) is 4.51. The third-order valence-electron chi connectivity index (χ3n) is 7.94. The molecule has 7 heteroatoms. The molecular formula is C28H32N2O5. The molecule has 3 aliphatic carbocycles. The average Bonchev–Trinajstić information content (AvgIpc) is 3.26. The first-order valence-corrected chi connectivity index (χ1v) is 12.6. The van der Waals surface area contributed by atoms with E-state index < -0.39 is 17.5 Å². The number of carbonyl (C=O) groups is 3. The molecule has 0 aliphatic heterocycles. The molecule has 3 unspecified atom stereocenters. The first-order chi connectivity index (χ1) is 16.9. The van der Waals surface area contributed by atoms with E-state index in [0.29, 0.717) is 12.8 Å². The van der Waals surface area contributed by atoms with E-state index in [0.717, 1.165) is 30.4 Å². The molecule has 3 aliphatic rings. The van der Waals surface area contributed by atoms with Crippen LogP contribution in [-0.2, 0) is 14.3 Å². The molecule has 2 fully saturated rings. The Morgan fingerprint density at radius 3 is 2.31 bits per heavy atom. The summed E-state index contributed by atoms with van der Waals surface area (Å²) in [7, 11) is 0. The Kier molecular flexibility index (Phi) is 6.26. The summed E-state index contributed by atoms with van der Waals surface area (Å²) in [5, 5.41) is 15.3. The van der Waals surface area contributed by atoms with Crippen molar-refractivity contribution in [3.63, 3.8) is 0 Å². The Labute approximate surface area is 205 Å². The number of rotatable bonds is 9. The zero-order valence-corrected chi connectivity index (χ0v) is 20.0. The fourth-order valence-electron chi connectivity index (χ4n) is 6.16. The topological polar surface area (TPSA) is 105 Å². The minimum atomic E-state index is -0.750. The highest BCUT2D eigenvalue weighted by Gasteiger charge is 2.65. The molecule has 0 spiro atoms. The van der Waals surface area contributed by atoms with Crippen LogP contribution in [0.5, 0.6) is 0 Å². The molecule has 35 heavy (non-hydrogen) atoms. The monoisotopic (exact) mass is 476 g/mol. The lowest BCUT2D eigenvalue weighted by atomic mass is 9.98. The summed E-state index contributed by atoms with van der Waals surface area (Å²) in [6, 6.07) is 15.9. The van der Waals surface area contributed by atoms with Crippen LogP contribution in [0.15, 0.2) is 48.5 Å². The number of amides is 2. The van der Waals surface area contributed by atoms with Crippen molar-refractivity contribution in [1.29, 1.82) is 0 Å². The van der Waals surface area contributed by atoms with Crippen LogP contribution in [0.3, 0.4) is 0 Å². The molecule has 0 heterocycles. The fraction of sp³-hybridized carbons (Fsp3) is 0.464. The summed E-state index contributed by atoms with van der Waals surface area (Å²) in [4.78, 5) is 36.8. The number of hydrogen-bond donors (Lipinski definition) is 3. The predicted molar refractivity (Wildman–Crippen MR) is 131 cm³/mol. The number of aliphatic carboxylic acids is 1. The number of carbonyl (C=O) groups excluding carboxylic acids is 2. The van der Waals surface area contributed by atoms with E-state index in [4.69, 9.17) is 4.74 Å². The van der Waals surface area contributed by atoms with Gasteiger partial charge in [0.15, 0.2) is 0 Å². The number of fused-ring (bicyclic) bond motifs is 4. The summed E-state index contributed by atoms with van der Waals surface area (Å²) >= 11 is 0. The van der Waals surface area contributed by atoms with E-state index in [9.17, 15) is 19.5 Å². The molecule has 0 bridgehead atoms. The Hall–Kier alpha value is -3.35. The van der Waals surface area contributed by atoms with Gasteiger partial charge in [-0.25, -0.2) is 4.79 Å². The third-order valence-corrected chi connectivity index (χ3v) is 7.94. The van der Waals surface area contributed by atoms with Gasteiger partial charge in [-0.2, -0.15) is 0 Å². The van der Waals surface area contributed by atoms with Gasteiger partial charge in [0.25, 0.3) is 0 Å². The van der Waals surface area contributed by atoms with E-state index in [1.54, 1.807) is 0 Å². The van der Waals surface area contributed by atoms with Crippen molar-refractivity contribution < 1.29 is 24.2 Å². The molecule has 2 saturated carbocycles. The second-order valence-corrected chi connectivity index (χ2v) is 10.2. The molecule has 3 N–H and O–H groups in total. The number of ether oxygens (including phenoxy) is 1. The molecule has 2 aromatic rings. The van der Waals surface area contributed by atoms with Gasteiger partial charge < -0.3 is 20.5 Å². The highest BCUT2D eigenvalue weighted by atomic mass is 16.5. The lowest BCUT2D eigenvalue weighted by molar-refractivity contribution is -0.143. The highest BCUT2D eigenvalue weighted by Crippen LogP contribution is 2.63. The smallest absolute Gasteiger partial charge is 0.407 e. The molecule has 7 nitrogen and oxygen atoms in total. The summed E-state index contributed by atoms with van der Waals surface area (Å²) in [5.41, 5.74) is 4.03. The van der Waals surface area contributed by atoms with E-state index >= 15 is 0 Å². The van der Waals surface area contributed by atoms with Gasteiger partial charge in [-0.1, -0.05) is 61.9 Å². The van der Waals surface area contributed by atoms with Crippen LogP contribution in [0.4, 0.5) is 4.79 Å². The molecule has 2 amide bonds. The molecule has 0 saturated heterocycles. The average molecular weight is 477 g/mol. The van der Waals surface area contributed by atoms with Crippen molar-refractivity contribution in [3.05, 3.63) is 59.7 Å².